The molecule has 0 fully saturated rings. The quantitative estimate of drug-likeness (QED) is 0.846. The first-order chi connectivity index (χ1) is 9.63. The molecule has 2 rings (SSSR count). The molecule has 4 nitrogen and oxygen atoms in total. The van der Waals surface area contributed by atoms with Crippen LogP contribution >= 0.6 is 11.6 Å². The van der Waals surface area contributed by atoms with Gasteiger partial charge >= 0.3 is 0 Å². The lowest BCUT2D eigenvalue weighted by Gasteiger charge is -2.21. The van der Waals surface area contributed by atoms with Crippen LogP contribution in [0.15, 0.2) is 36.7 Å². The number of ether oxygens (including phenoxy) is 2. The van der Waals surface area contributed by atoms with E-state index in [1.807, 2.05) is 31.3 Å². The molecule has 0 unspecified atom stereocenters. The molecular formula is C15H17ClN2O2. The van der Waals surface area contributed by atoms with Gasteiger partial charge in [0.1, 0.15) is 11.5 Å². The van der Waals surface area contributed by atoms with Gasteiger partial charge in [0.05, 0.1) is 24.9 Å². The summed E-state index contributed by atoms with van der Waals surface area (Å²) in [6.45, 7) is 0.692. The van der Waals surface area contributed by atoms with Crippen LogP contribution in [0.2, 0.25) is 5.02 Å². The van der Waals surface area contributed by atoms with E-state index in [1.165, 1.54) is 0 Å². The largest absolute Gasteiger partial charge is 0.497 e. The van der Waals surface area contributed by atoms with Crippen LogP contribution in [0.5, 0.6) is 11.5 Å². The third-order valence-corrected chi connectivity index (χ3v) is 3.28. The Balaban J connectivity index is 2.23. The topological polar surface area (TPSA) is 34.6 Å². The summed E-state index contributed by atoms with van der Waals surface area (Å²) in [7, 11) is 5.26. The van der Waals surface area contributed by atoms with Crippen LogP contribution in [-0.2, 0) is 6.54 Å². The Kier molecular flexibility index (Phi) is 4.69. The molecule has 0 atom stereocenters. The van der Waals surface area contributed by atoms with Crippen molar-refractivity contribution in [2.75, 3.05) is 26.2 Å². The molecule has 0 amide bonds. The lowest BCUT2D eigenvalue weighted by Crippen LogP contribution is -2.16. The predicted molar refractivity (Wildman–Crippen MR) is 80.9 cm³/mol. The minimum absolute atomic E-state index is 0.630. The van der Waals surface area contributed by atoms with Gasteiger partial charge in [-0.05, 0) is 23.8 Å². The second-order valence-electron chi connectivity index (χ2n) is 4.40. The molecule has 0 bridgehead atoms. The number of rotatable bonds is 5. The number of pyridine rings is 1. The van der Waals surface area contributed by atoms with Crippen molar-refractivity contribution in [2.45, 2.75) is 6.54 Å². The Morgan fingerprint density at radius 3 is 2.35 bits per heavy atom. The third-order valence-electron chi connectivity index (χ3n) is 2.99. The molecule has 0 saturated heterocycles. The molecule has 0 saturated carbocycles. The van der Waals surface area contributed by atoms with Crippen LogP contribution < -0.4 is 14.4 Å². The van der Waals surface area contributed by atoms with E-state index in [4.69, 9.17) is 21.1 Å². The number of halogens is 1. The van der Waals surface area contributed by atoms with Crippen LogP contribution in [0, 0.1) is 0 Å². The van der Waals surface area contributed by atoms with Crippen molar-refractivity contribution in [3.05, 3.63) is 47.2 Å². The number of anilines is 1. The van der Waals surface area contributed by atoms with E-state index in [-0.39, 0.29) is 0 Å². The van der Waals surface area contributed by atoms with E-state index in [0.717, 1.165) is 22.7 Å². The number of aromatic nitrogens is 1. The van der Waals surface area contributed by atoms with Gasteiger partial charge in [0.2, 0.25) is 0 Å². The van der Waals surface area contributed by atoms with E-state index in [9.17, 15) is 0 Å². The Bertz CT molecular complexity index is 568. The van der Waals surface area contributed by atoms with Crippen LogP contribution in [-0.4, -0.2) is 26.3 Å². The van der Waals surface area contributed by atoms with Gasteiger partial charge in [0.25, 0.3) is 0 Å². The van der Waals surface area contributed by atoms with Gasteiger partial charge in [-0.15, -0.1) is 0 Å². The highest BCUT2D eigenvalue weighted by Gasteiger charge is 2.08. The van der Waals surface area contributed by atoms with Crippen molar-refractivity contribution in [1.82, 2.24) is 4.98 Å². The zero-order valence-electron chi connectivity index (χ0n) is 11.8. The van der Waals surface area contributed by atoms with Crippen LogP contribution in [0.1, 0.15) is 5.56 Å². The maximum Gasteiger partial charge on any atom is 0.122 e. The molecule has 106 valence electrons. The molecule has 0 radical (unpaired) electrons. The van der Waals surface area contributed by atoms with Crippen molar-refractivity contribution in [2.24, 2.45) is 0 Å². The first-order valence-electron chi connectivity index (χ1n) is 6.16. The Hall–Kier alpha value is -1.94. The molecule has 0 spiro atoms. The molecule has 5 heteroatoms. The van der Waals surface area contributed by atoms with Gasteiger partial charge in [-0.1, -0.05) is 11.6 Å². The Morgan fingerprint density at radius 1 is 1.15 bits per heavy atom. The minimum atomic E-state index is 0.630. The van der Waals surface area contributed by atoms with Crippen molar-refractivity contribution in [3.63, 3.8) is 0 Å². The average molecular weight is 293 g/mol. The highest BCUT2D eigenvalue weighted by molar-refractivity contribution is 6.33. The van der Waals surface area contributed by atoms with E-state index < -0.39 is 0 Å². The fourth-order valence-corrected chi connectivity index (χ4v) is 2.26. The normalized spacial score (nSPS) is 10.2. The van der Waals surface area contributed by atoms with Gasteiger partial charge in [-0.25, -0.2) is 0 Å². The number of methoxy groups -OCH3 is 2. The smallest absolute Gasteiger partial charge is 0.122 e. The van der Waals surface area contributed by atoms with Gasteiger partial charge in [-0.2, -0.15) is 0 Å². The van der Waals surface area contributed by atoms with Crippen molar-refractivity contribution < 1.29 is 9.47 Å². The monoisotopic (exact) mass is 292 g/mol. The van der Waals surface area contributed by atoms with Crippen molar-refractivity contribution in [3.8, 4) is 11.5 Å². The second-order valence-corrected chi connectivity index (χ2v) is 4.81. The fraction of sp³-hybridized carbons (Fsp3) is 0.267. The number of nitrogens with zero attached hydrogens (tertiary/aromatic N) is 2. The molecule has 20 heavy (non-hydrogen) atoms. The standard InChI is InChI=1S/C15H17ClN2O2/c1-18(15-4-5-17-9-14(15)16)10-11-6-12(19-2)8-13(7-11)20-3/h4-9H,10H2,1-3H3. The molecule has 0 aliphatic heterocycles. The maximum atomic E-state index is 6.15. The highest BCUT2D eigenvalue weighted by atomic mass is 35.5. The summed E-state index contributed by atoms with van der Waals surface area (Å²) in [6.07, 6.45) is 3.36. The Morgan fingerprint density at radius 2 is 1.80 bits per heavy atom. The zero-order valence-corrected chi connectivity index (χ0v) is 12.5. The summed E-state index contributed by atoms with van der Waals surface area (Å²) < 4.78 is 10.5. The van der Waals surface area contributed by atoms with E-state index in [2.05, 4.69) is 9.88 Å². The SMILES string of the molecule is COc1cc(CN(C)c2ccncc2Cl)cc(OC)c1. The number of hydrogen-bond acceptors (Lipinski definition) is 4. The summed E-state index contributed by atoms with van der Waals surface area (Å²) in [5.74, 6) is 1.54. The highest BCUT2D eigenvalue weighted by Crippen LogP contribution is 2.27. The molecule has 0 aliphatic carbocycles. The first-order valence-corrected chi connectivity index (χ1v) is 6.54. The molecule has 2 aromatic rings. The lowest BCUT2D eigenvalue weighted by molar-refractivity contribution is 0.393. The Labute approximate surface area is 123 Å². The summed E-state index contributed by atoms with van der Waals surface area (Å²) >= 11 is 6.15. The fourth-order valence-electron chi connectivity index (χ4n) is 1.99. The van der Waals surface area contributed by atoms with Crippen molar-refractivity contribution in [1.29, 1.82) is 0 Å². The third kappa shape index (κ3) is 3.33. The van der Waals surface area contributed by atoms with Crippen LogP contribution in [0.25, 0.3) is 0 Å². The predicted octanol–water partition coefficient (Wildman–Crippen LogP) is 3.39. The van der Waals surface area contributed by atoms with Crippen LogP contribution in [0.3, 0.4) is 0 Å². The van der Waals surface area contributed by atoms with Gasteiger partial charge < -0.3 is 14.4 Å². The molecular weight excluding hydrogens is 276 g/mol. The summed E-state index contributed by atoms with van der Waals surface area (Å²) in [5.41, 5.74) is 2.01. The first kappa shape index (κ1) is 14.5. The van der Waals surface area contributed by atoms with E-state index in [0.29, 0.717) is 11.6 Å². The van der Waals surface area contributed by atoms with Gasteiger partial charge in [-0.3, -0.25) is 4.98 Å². The van der Waals surface area contributed by atoms with E-state index >= 15 is 0 Å². The van der Waals surface area contributed by atoms with Gasteiger partial charge in [0, 0.05) is 32.1 Å². The van der Waals surface area contributed by atoms with Crippen LogP contribution in [0.4, 0.5) is 5.69 Å². The summed E-state index contributed by atoms with van der Waals surface area (Å²) in [6, 6.07) is 7.70. The van der Waals surface area contributed by atoms with E-state index in [1.54, 1.807) is 26.6 Å². The molecule has 1 heterocycles. The zero-order chi connectivity index (χ0) is 14.5. The average Bonchev–Trinajstić information content (AvgIpc) is 2.47. The molecule has 1 aromatic heterocycles. The molecule has 0 N–H and O–H groups in total. The summed E-state index contributed by atoms with van der Waals surface area (Å²) in [5, 5.41) is 0.630. The summed E-state index contributed by atoms with van der Waals surface area (Å²) in [4.78, 5) is 6.04. The minimum Gasteiger partial charge on any atom is -0.497 e. The second kappa shape index (κ2) is 6.48. The van der Waals surface area contributed by atoms with Gasteiger partial charge in [0.15, 0.2) is 0 Å². The maximum absolute atomic E-state index is 6.15. The number of benzene rings is 1. The lowest BCUT2D eigenvalue weighted by atomic mass is 10.2. The molecule has 1 aromatic carbocycles. The van der Waals surface area contributed by atoms with Crippen molar-refractivity contribution >= 4 is 17.3 Å². The number of hydrogen-bond donors (Lipinski definition) is 0. The molecule has 0 aliphatic rings.